The fourth-order valence-electron chi connectivity index (χ4n) is 2.25. The van der Waals surface area contributed by atoms with Gasteiger partial charge >= 0.3 is 0 Å². The zero-order valence-corrected chi connectivity index (χ0v) is 8.95. The second-order valence-electron chi connectivity index (χ2n) is 4.21. The minimum atomic E-state index is 0.228. The molecule has 0 spiro atoms. The van der Waals surface area contributed by atoms with Crippen LogP contribution in [0, 0.1) is 0 Å². The summed E-state index contributed by atoms with van der Waals surface area (Å²) in [6.07, 6.45) is 1.12. The van der Waals surface area contributed by atoms with Gasteiger partial charge in [0.1, 0.15) is 0 Å². The highest BCUT2D eigenvalue weighted by atomic mass is 14.9. The van der Waals surface area contributed by atoms with Crippen molar-refractivity contribution < 1.29 is 0 Å². The van der Waals surface area contributed by atoms with Gasteiger partial charge in [0, 0.05) is 25.0 Å². The molecule has 1 saturated heterocycles. The molecule has 0 radical (unpaired) electrons. The maximum atomic E-state index is 6.11. The third kappa shape index (κ3) is 2.37. The molecule has 1 aromatic carbocycles. The lowest BCUT2D eigenvalue weighted by Gasteiger charge is -2.29. The Morgan fingerprint density at radius 2 is 2.27 bits per heavy atom. The van der Waals surface area contributed by atoms with Gasteiger partial charge in [0.15, 0.2) is 0 Å². The molecule has 5 N–H and O–H groups in total. The molecule has 2 unspecified atom stereocenters. The zero-order chi connectivity index (χ0) is 10.7. The molecule has 0 saturated carbocycles. The fourth-order valence-corrected chi connectivity index (χ4v) is 2.25. The third-order valence-corrected chi connectivity index (χ3v) is 3.14. The molecule has 0 aliphatic carbocycles. The highest BCUT2D eigenvalue weighted by Crippen LogP contribution is 2.24. The fraction of sp³-hybridized carbons (Fsp3) is 0.500. The van der Waals surface area contributed by atoms with Crippen molar-refractivity contribution in [2.45, 2.75) is 24.9 Å². The normalized spacial score (nSPS) is 26.5. The van der Waals surface area contributed by atoms with Crippen molar-refractivity contribution in [2.24, 2.45) is 11.5 Å². The Kier molecular flexibility index (Phi) is 3.36. The van der Waals surface area contributed by atoms with E-state index in [1.54, 1.807) is 0 Å². The van der Waals surface area contributed by atoms with E-state index in [0.717, 1.165) is 19.5 Å². The van der Waals surface area contributed by atoms with Gasteiger partial charge in [0.2, 0.25) is 0 Å². The lowest BCUT2D eigenvalue weighted by molar-refractivity contribution is 0.403. The Morgan fingerprint density at radius 3 is 3.00 bits per heavy atom. The van der Waals surface area contributed by atoms with Crippen molar-refractivity contribution in [3.63, 3.8) is 0 Å². The summed E-state index contributed by atoms with van der Waals surface area (Å²) in [6.45, 7) is 2.58. The molecule has 3 nitrogen and oxygen atoms in total. The molecule has 0 bridgehead atoms. The molecule has 15 heavy (non-hydrogen) atoms. The van der Waals surface area contributed by atoms with Crippen LogP contribution in [-0.4, -0.2) is 19.1 Å². The Labute approximate surface area is 90.8 Å². The van der Waals surface area contributed by atoms with E-state index in [1.807, 2.05) is 0 Å². The van der Waals surface area contributed by atoms with E-state index in [-0.39, 0.29) is 6.04 Å². The first-order valence-electron chi connectivity index (χ1n) is 5.56. The van der Waals surface area contributed by atoms with Crippen molar-refractivity contribution in [1.82, 2.24) is 5.32 Å². The van der Waals surface area contributed by atoms with Crippen LogP contribution in [0.3, 0.4) is 0 Å². The summed E-state index contributed by atoms with van der Waals surface area (Å²) in [5, 5.41) is 3.31. The number of hydrogen-bond acceptors (Lipinski definition) is 3. The SMILES string of the molecule is NCc1cccc(C2CCNCC2N)c1. The lowest BCUT2D eigenvalue weighted by atomic mass is 9.86. The number of hydrogen-bond donors (Lipinski definition) is 3. The topological polar surface area (TPSA) is 64.1 Å². The van der Waals surface area contributed by atoms with Crippen molar-refractivity contribution in [3.8, 4) is 0 Å². The molecule has 2 atom stereocenters. The van der Waals surface area contributed by atoms with Crippen LogP contribution in [0.4, 0.5) is 0 Å². The number of nitrogens with two attached hydrogens (primary N) is 2. The van der Waals surface area contributed by atoms with E-state index in [2.05, 4.69) is 29.6 Å². The van der Waals surface area contributed by atoms with Gasteiger partial charge in [0.25, 0.3) is 0 Å². The number of piperidine rings is 1. The van der Waals surface area contributed by atoms with Crippen molar-refractivity contribution in [3.05, 3.63) is 35.4 Å². The predicted octanol–water partition coefficient (Wildman–Crippen LogP) is 0.550. The summed E-state index contributed by atoms with van der Waals surface area (Å²) in [5.41, 5.74) is 14.3. The van der Waals surface area contributed by atoms with E-state index in [4.69, 9.17) is 11.5 Å². The van der Waals surface area contributed by atoms with E-state index in [0.29, 0.717) is 12.5 Å². The third-order valence-electron chi connectivity index (χ3n) is 3.14. The number of rotatable bonds is 2. The van der Waals surface area contributed by atoms with Crippen LogP contribution in [0.15, 0.2) is 24.3 Å². The molecular formula is C12H19N3. The first-order valence-corrected chi connectivity index (χ1v) is 5.56. The van der Waals surface area contributed by atoms with Crippen LogP contribution >= 0.6 is 0 Å². The second-order valence-corrected chi connectivity index (χ2v) is 4.21. The minimum absolute atomic E-state index is 0.228. The van der Waals surface area contributed by atoms with Crippen molar-refractivity contribution in [2.75, 3.05) is 13.1 Å². The molecule has 1 fully saturated rings. The van der Waals surface area contributed by atoms with Gasteiger partial charge in [-0.3, -0.25) is 0 Å². The zero-order valence-electron chi connectivity index (χ0n) is 8.95. The van der Waals surface area contributed by atoms with Gasteiger partial charge in [-0.05, 0) is 24.1 Å². The average molecular weight is 205 g/mol. The van der Waals surface area contributed by atoms with Crippen LogP contribution in [0.5, 0.6) is 0 Å². The van der Waals surface area contributed by atoms with E-state index >= 15 is 0 Å². The number of nitrogens with one attached hydrogen (secondary N) is 1. The largest absolute Gasteiger partial charge is 0.326 e. The smallest absolute Gasteiger partial charge is 0.0235 e. The maximum absolute atomic E-state index is 6.11. The summed E-state index contributed by atoms with van der Waals surface area (Å²) >= 11 is 0. The Bertz CT molecular complexity index is 324. The van der Waals surface area contributed by atoms with Gasteiger partial charge in [-0.2, -0.15) is 0 Å². The van der Waals surface area contributed by atoms with E-state index < -0.39 is 0 Å². The molecule has 1 aromatic rings. The summed E-state index contributed by atoms with van der Waals surface area (Å²) < 4.78 is 0. The molecular weight excluding hydrogens is 186 g/mol. The standard InChI is InChI=1S/C12H19N3/c13-7-9-2-1-3-10(6-9)11-4-5-15-8-12(11)14/h1-3,6,11-12,15H,4-5,7-8,13-14H2. The van der Waals surface area contributed by atoms with Crippen LogP contribution in [-0.2, 0) is 6.54 Å². The van der Waals surface area contributed by atoms with Gasteiger partial charge < -0.3 is 16.8 Å². The first kappa shape index (κ1) is 10.6. The van der Waals surface area contributed by atoms with Gasteiger partial charge in [-0.15, -0.1) is 0 Å². The molecule has 1 aliphatic rings. The van der Waals surface area contributed by atoms with Crippen LogP contribution in [0.2, 0.25) is 0 Å². The van der Waals surface area contributed by atoms with Crippen LogP contribution in [0.25, 0.3) is 0 Å². The second kappa shape index (κ2) is 4.75. The minimum Gasteiger partial charge on any atom is -0.326 e. The summed E-state index contributed by atoms with van der Waals surface area (Å²) in [6, 6.07) is 8.72. The highest BCUT2D eigenvalue weighted by Gasteiger charge is 2.22. The summed E-state index contributed by atoms with van der Waals surface area (Å²) in [7, 11) is 0. The first-order chi connectivity index (χ1) is 7.31. The lowest BCUT2D eigenvalue weighted by Crippen LogP contribution is -2.44. The molecule has 1 aliphatic heterocycles. The van der Waals surface area contributed by atoms with Crippen molar-refractivity contribution in [1.29, 1.82) is 0 Å². The number of benzene rings is 1. The Hall–Kier alpha value is -0.900. The van der Waals surface area contributed by atoms with E-state index in [1.165, 1.54) is 11.1 Å². The monoisotopic (exact) mass is 205 g/mol. The predicted molar refractivity (Wildman–Crippen MR) is 62.5 cm³/mol. The molecule has 2 rings (SSSR count). The van der Waals surface area contributed by atoms with Gasteiger partial charge in [-0.25, -0.2) is 0 Å². The molecule has 0 amide bonds. The molecule has 0 aromatic heterocycles. The maximum Gasteiger partial charge on any atom is 0.0235 e. The molecule has 1 heterocycles. The molecule has 3 heteroatoms. The average Bonchev–Trinajstić information content (AvgIpc) is 2.30. The molecule has 82 valence electrons. The Morgan fingerprint density at radius 1 is 1.40 bits per heavy atom. The van der Waals surface area contributed by atoms with Gasteiger partial charge in [-0.1, -0.05) is 24.3 Å². The summed E-state index contributed by atoms with van der Waals surface area (Å²) in [4.78, 5) is 0. The highest BCUT2D eigenvalue weighted by molar-refractivity contribution is 5.28. The summed E-state index contributed by atoms with van der Waals surface area (Å²) in [5.74, 6) is 0.484. The van der Waals surface area contributed by atoms with Crippen LogP contribution < -0.4 is 16.8 Å². The Balaban J connectivity index is 2.19. The van der Waals surface area contributed by atoms with E-state index in [9.17, 15) is 0 Å². The van der Waals surface area contributed by atoms with Gasteiger partial charge in [0.05, 0.1) is 0 Å². The van der Waals surface area contributed by atoms with Crippen LogP contribution in [0.1, 0.15) is 23.5 Å². The van der Waals surface area contributed by atoms with Crippen molar-refractivity contribution >= 4 is 0 Å². The quantitative estimate of drug-likeness (QED) is 0.660.